The summed E-state index contributed by atoms with van der Waals surface area (Å²) in [5.41, 5.74) is 1.00. The Morgan fingerprint density at radius 2 is 1.73 bits per heavy atom. The maximum Gasteiger partial charge on any atom is 0.274 e. The minimum Gasteiger partial charge on any atom is -0.314 e. The van der Waals surface area contributed by atoms with Crippen molar-refractivity contribution in [3.63, 3.8) is 0 Å². The van der Waals surface area contributed by atoms with Crippen LogP contribution >= 0.6 is 24.8 Å². The molecule has 0 aromatic heterocycles. The highest BCUT2D eigenvalue weighted by Crippen LogP contribution is 2.41. The van der Waals surface area contributed by atoms with E-state index in [1.165, 1.54) is 0 Å². The van der Waals surface area contributed by atoms with Crippen LogP contribution in [0.2, 0.25) is 0 Å². The van der Waals surface area contributed by atoms with E-state index >= 15 is 0 Å². The van der Waals surface area contributed by atoms with Gasteiger partial charge in [0.25, 0.3) is 5.69 Å². The lowest BCUT2D eigenvalue weighted by Gasteiger charge is -2.42. The van der Waals surface area contributed by atoms with Crippen molar-refractivity contribution in [1.29, 1.82) is 0 Å². The van der Waals surface area contributed by atoms with Crippen LogP contribution in [0, 0.1) is 15.5 Å². The number of rotatable bonds is 3. The number of nitrogens with one attached hydrogen (secondary N) is 1. The minimum absolute atomic E-state index is 0. The van der Waals surface area contributed by atoms with E-state index in [9.17, 15) is 10.1 Å². The zero-order valence-electron chi connectivity index (χ0n) is 13.2. The second-order valence-electron chi connectivity index (χ2n) is 6.37. The van der Waals surface area contributed by atoms with E-state index < -0.39 is 0 Å². The third-order valence-electron chi connectivity index (χ3n) is 3.77. The lowest BCUT2D eigenvalue weighted by molar-refractivity contribution is -0.386. The zero-order valence-corrected chi connectivity index (χ0v) is 14.9. The molecule has 1 saturated heterocycles. The summed E-state index contributed by atoms with van der Waals surface area (Å²) in [5.74, 6) is 0. The van der Waals surface area contributed by atoms with Gasteiger partial charge in [-0.25, -0.2) is 0 Å². The van der Waals surface area contributed by atoms with Crippen molar-refractivity contribution in [3.05, 3.63) is 39.9 Å². The fraction of sp³-hybridized carbons (Fsp3) is 0.600. The number of hydrogen-bond donors (Lipinski definition) is 1. The Balaban J connectivity index is 0.00000220. The third kappa shape index (κ3) is 4.81. The number of nitro groups is 1. The summed E-state index contributed by atoms with van der Waals surface area (Å²) >= 11 is 0. The average molecular weight is 350 g/mol. The molecular formula is C15H25Cl2N3O2. The first-order valence-electron chi connectivity index (χ1n) is 7.09. The molecule has 1 aromatic carbocycles. The highest BCUT2D eigenvalue weighted by molar-refractivity contribution is 5.85. The number of piperazine rings is 1. The second-order valence-corrected chi connectivity index (χ2v) is 6.37. The summed E-state index contributed by atoms with van der Waals surface area (Å²) in [5, 5.41) is 14.6. The Morgan fingerprint density at radius 1 is 1.18 bits per heavy atom. The molecule has 0 spiro atoms. The number of nitrogens with zero attached hydrogens (tertiary/aromatic N) is 2. The normalized spacial score (nSPS) is 17.0. The summed E-state index contributed by atoms with van der Waals surface area (Å²) in [6.45, 7) is 10.2. The van der Waals surface area contributed by atoms with Gasteiger partial charge in [0.15, 0.2) is 0 Å². The molecule has 0 saturated carbocycles. The lowest BCUT2D eigenvalue weighted by atomic mass is 9.80. The number of hydrogen-bond acceptors (Lipinski definition) is 4. The molecule has 0 amide bonds. The van der Waals surface area contributed by atoms with Crippen molar-refractivity contribution in [2.75, 3.05) is 26.2 Å². The minimum atomic E-state index is -0.268. The van der Waals surface area contributed by atoms with E-state index in [2.05, 4.69) is 31.0 Å². The van der Waals surface area contributed by atoms with Gasteiger partial charge >= 0.3 is 0 Å². The first kappa shape index (κ1) is 21.1. The smallest absolute Gasteiger partial charge is 0.274 e. The van der Waals surface area contributed by atoms with E-state index in [4.69, 9.17) is 0 Å². The van der Waals surface area contributed by atoms with Gasteiger partial charge in [-0.1, -0.05) is 39.0 Å². The maximum absolute atomic E-state index is 11.3. The first-order chi connectivity index (χ1) is 9.41. The number of benzene rings is 1. The number of halogens is 2. The molecule has 0 unspecified atom stereocenters. The highest BCUT2D eigenvalue weighted by atomic mass is 35.5. The van der Waals surface area contributed by atoms with Crippen molar-refractivity contribution in [2.24, 2.45) is 5.41 Å². The van der Waals surface area contributed by atoms with Gasteiger partial charge in [0.2, 0.25) is 0 Å². The fourth-order valence-corrected chi connectivity index (χ4v) is 3.04. The summed E-state index contributed by atoms with van der Waals surface area (Å²) in [6, 6.07) is 7.19. The lowest BCUT2D eigenvalue weighted by Crippen LogP contribution is -2.48. The van der Waals surface area contributed by atoms with Gasteiger partial charge < -0.3 is 5.32 Å². The van der Waals surface area contributed by atoms with Crippen LogP contribution in [-0.4, -0.2) is 36.0 Å². The van der Waals surface area contributed by atoms with Gasteiger partial charge in [-0.3, -0.25) is 15.0 Å². The standard InChI is InChI=1S/C15H23N3O2.2ClH/c1-15(2,3)14(17-10-8-16-9-11-17)12-6-4-5-7-13(12)18(19)20;;/h4-7,14,16H,8-11H2,1-3H3;2*1H/t14-;;/m0../s1. The van der Waals surface area contributed by atoms with Crippen LogP contribution in [0.3, 0.4) is 0 Å². The van der Waals surface area contributed by atoms with Gasteiger partial charge in [-0.15, -0.1) is 24.8 Å². The average Bonchev–Trinajstić information content (AvgIpc) is 2.39. The van der Waals surface area contributed by atoms with Crippen molar-refractivity contribution in [3.8, 4) is 0 Å². The van der Waals surface area contributed by atoms with Gasteiger partial charge in [0.05, 0.1) is 4.92 Å². The molecule has 0 bridgehead atoms. The molecule has 1 aromatic rings. The van der Waals surface area contributed by atoms with Crippen molar-refractivity contribution in [1.82, 2.24) is 10.2 Å². The van der Waals surface area contributed by atoms with Gasteiger partial charge in [-0.2, -0.15) is 0 Å². The molecule has 5 nitrogen and oxygen atoms in total. The zero-order chi connectivity index (χ0) is 14.8. The van der Waals surface area contributed by atoms with Crippen LogP contribution in [0.25, 0.3) is 0 Å². The number of para-hydroxylation sites is 1. The Morgan fingerprint density at radius 3 is 2.23 bits per heavy atom. The summed E-state index contributed by atoms with van der Waals surface area (Å²) in [6.07, 6.45) is 0. The summed E-state index contributed by atoms with van der Waals surface area (Å²) in [4.78, 5) is 13.4. The second kappa shape index (κ2) is 8.67. The molecule has 1 aliphatic heterocycles. The largest absolute Gasteiger partial charge is 0.314 e. The highest BCUT2D eigenvalue weighted by Gasteiger charge is 2.36. The number of nitro benzene ring substituents is 1. The predicted molar refractivity (Wildman–Crippen MR) is 94.2 cm³/mol. The van der Waals surface area contributed by atoms with Crippen LogP contribution in [0.5, 0.6) is 0 Å². The Labute approximate surface area is 144 Å². The molecule has 0 radical (unpaired) electrons. The van der Waals surface area contributed by atoms with Gasteiger partial charge in [0, 0.05) is 43.9 Å². The monoisotopic (exact) mass is 349 g/mol. The van der Waals surface area contributed by atoms with Crippen molar-refractivity contribution < 1.29 is 4.92 Å². The summed E-state index contributed by atoms with van der Waals surface area (Å²) in [7, 11) is 0. The van der Waals surface area contributed by atoms with E-state index in [1.807, 2.05) is 12.1 Å². The molecule has 1 fully saturated rings. The van der Waals surface area contributed by atoms with Crippen LogP contribution < -0.4 is 5.32 Å². The Bertz CT molecular complexity index is 486. The van der Waals surface area contributed by atoms with Crippen molar-refractivity contribution >= 4 is 30.5 Å². The van der Waals surface area contributed by atoms with E-state index in [-0.39, 0.29) is 46.9 Å². The molecule has 2 rings (SSSR count). The molecule has 0 aliphatic carbocycles. The molecule has 1 aliphatic rings. The summed E-state index contributed by atoms with van der Waals surface area (Å²) < 4.78 is 0. The molecular weight excluding hydrogens is 325 g/mol. The Hall–Kier alpha value is -0.880. The van der Waals surface area contributed by atoms with Gasteiger partial charge in [0.1, 0.15) is 0 Å². The van der Waals surface area contributed by atoms with E-state index in [0.29, 0.717) is 0 Å². The third-order valence-corrected chi connectivity index (χ3v) is 3.77. The molecule has 22 heavy (non-hydrogen) atoms. The van der Waals surface area contributed by atoms with Crippen LogP contribution in [0.1, 0.15) is 32.4 Å². The molecule has 1 N–H and O–H groups in total. The quantitative estimate of drug-likeness (QED) is 0.670. The van der Waals surface area contributed by atoms with Crippen molar-refractivity contribution in [2.45, 2.75) is 26.8 Å². The molecule has 1 heterocycles. The van der Waals surface area contributed by atoms with E-state index in [0.717, 1.165) is 31.7 Å². The predicted octanol–water partition coefficient (Wildman–Crippen LogP) is 3.43. The van der Waals surface area contributed by atoms with Gasteiger partial charge in [-0.05, 0) is 5.41 Å². The fourth-order valence-electron chi connectivity index (χ4n) is 3.04. The maximum atomic E-state index is 11.3. The molecule has 7 heteroatoms. The molecule has 126 valence electrons. The Kier molecular flexibility index (Phi) is 8.33. The van der Waals surface area contributed by atoms with E-state index in [1.54, 1.807) is 12.1 Å². The van der Waals surface area contributed by atoms with Crippen LogP contribution in [-0.2, 0) is 0 Å². The molecule has 1 atom stereocenters. The van der Waals surface area contributed by atoms with Crippen LogP contribution in [0.4, 0.5) is 5.69 Å². The first-order valence-corrected chi connectivity index (χ1v) is 7.09. The van der Waals surface area contributed by atoms with Crippen LogP contribution in [0.15, 0.2) is 24.3 Å². The SMILES string of the molecule is CC(C)(C)[C@H](c1ccccc1[N+](=O)[O-])N1CCNCC1.Cl.Cl. The topological polar surface area (TPSA) is 58.4 Å².